The van der Waals surface area contributed by atoms with E-state index in [1.807, 2.05) is 17.9 Å². The van der Waals surface area contributed by atoms with Crippen molar-refractivity contribution in [2.75, 3.05) is 49.1 Å². The predicted octanol–water partition coefficient (Wildman–Crippen LogP) is 1.53. The Bertz CT molecular complexity index is 784. The van der Waals surface area contributed by atoms with E-state index in [9.17, 15) is 4.79 Å². The first-order valence-electron chi connectivity index (χ1n) is 9.62. The van der Waals surface area contributed by atoms with Crippen molar-refractivity contribution in [1.29, 1.82) is 0 Å². The summed E-state index contributed by atoms with van der Waals surface area (Å²) in [7, 11) is 0. The number of likely N-dealkylation sites (tertiary alicyclic amines) is 1. The van der Waals surface area contributed by atoms with E-state index < -0.39 is 0 Å². The number of piperidine rings is 1. The van der Waals surface area contributed by atoms with Crippen molar-refractivity contribution in [2.24, 2.45) is 0 Å². The van der Waals surface area contributed by atoms with Crippen molar-refractivity contribution in [1.82, 2.24) is 24.8 Å². The van der Waals surface area contributed by atoms with Crippen LogP contribution in [-0.2, 0) is 0 Å². The number of piperazine rings is 1. The molecule has 142 valence electrons. The number of rotatable bonds is 3. The quantitative estimate of drug-likeness (QED) is 0.814. The molecule has 0 atom stereocenters. The molecule has 4 heterocycles. The number of aromatic nitrogens is 4. The minimum Gasteiger partial charge on any atom is -0.337 e. The Hall–Kier alpha value is -2.77. The van der Waals surface area contributed by atoms with Crippen LogP contribution in [0.2, 0.25) is 0 Å². The molecular formula is C19H25N7O. The van der Waals surface area contributed by atoms with Crippen molar-refractivity contribution in [3.63, 3.8) is 0 Å². The summed E-state index contributed by atoms with van der Waals surface area (Å²) in [6, 6.07) is 3.62. The molecule has 2 aliphatic rings. The van der Waals surface area contributed by atoms with Crippen LogP contribution in [0.15, 0.2) is 24.5 Å². The molecule has 27 heavy (non-hydrogen) atoms. The van der Waals surface area contributed by atoms with Crippen LogP contribution < -0.4 is 9.80 Å². The molecule has 0 aromatic carbocycles. The second kappa shape index (κ2) is 7.85. The fourth-order valence-electron chi connectivity index (χ4n) is 3.62. The van der Waals surface area contributed by atoms with Crippen LogP contribution >= 0.6 is 0 Å². The topological polar surface area (TPSA) is 78.4 Å². The molecule has 0 radical (unpaired) electrons. The maximum absolute atomic E-state index is 12.8. The first-order chi connectivity index (χ1) is 13.2. The van der Waals surface area contributed by atoms with Crippen molar-refractivity contribution >= 4 is 17.8 Å². The van der Waals surface area contributed by atoms with Gasteiger partial charge in [-0.1, -0.05) is 0 Å². The van der Waals surface area contributed by atoms with Gasteiger partial charge in [0.2, 0.25) is 11.9 Å². The van der Waals surface area contributed by atoms with Gasteiger partial charge < -0.3 is 14.7 Å². The largest absolute Gasteiger partial charge is 0.337 e. The summed E-state index contributed by atoms with van der Waals surface area (Å²) < 4.78 is 0. The molecule has 4 rings (SSSR count). The van der Waals surface area contributed by atoms with E-state index in [2.05, 4.69) is 29.7 Å². The third-order valence-electron chi connectivity index (χ3n) is 5.10. The maximum atomic E-state index is 12.8. The lowest BCUT2D eigenvalue weighted by Gasteiger charge is -2.35. The fraction of sp³-hybridized carbons (Fsp3) is 0.526. The minimum atomic E-state index is 0.0257. The molecule has 0 aliphatic carbocycles. The smallest absolute Gasteiger partial charge is 0.272 e. The molecule has 0 saturated carbocycles. The molecule has 0 unspecified atom stereocenters. The predicted molar refractivity (Wildman–Crippen MR) is 103 cm³/mol. The Morgan fingerprint density at radius 1 is 0.852 bits per heavy atom. The van der Waals surface area contributed by atoms with Gasteiger partial charge in [0.15, 0.2) is 0 Å². The second-order valence-electron chi connectivity index (χ2n) is 7.07. The van der Waals surface area contributed by atoms with Crippen LogP contribution in [-0.4, -0.2) is 70.0 Å². The summed E-state index contributed by atoms with van der Waals surface area (Å²) >= 11 is 0. The molecule has 8 nitrogen and oxygen atoms in total. The Balaban J connectivity index is 1.46. The molecule has 0 bridgehead atoms. The van der Waals surface area contributed by atoms with E-state index >= 15 is 0 Å². The number of amides is 1. The maximum Gasteiger partial charge on any atom is 0.272 e. The van der Waals surface area contributed by atoms with Gasteiger partial charge in [-0.05, 0) is 38.3 Å². The van der Waals surface area contributed by atoms with E-state index in [1.54, 1.807) is 18.5 Å². The monoisotopic (exact) mass is 367 g/mol. The highest BCUT2D eigenvalue weighted by Crippen LogP contribution is 2.18. The summed E-state index contributed by atoms with van der Waals surface area (Å²) in [5.41, 5.74) is 1.34. The molecule has 8 heteroatoms. The lowest BCUT2D eigenvalue weighted by Crippen LogP contribution is -2.48. The molecular weight excluding hydrogens is 342 g/mol. The van der Waals surface area contributed by atoms with Gasteiger partial charge in [0.1, 0.15) is 5.69 Å². The van der Waals surface area contributed by atoms with Gasteiger partial charge in [-0.2, -0.15) is 0 Å². The number of hydrogen-bond acceptors (Lipinski definition) is 7. The van der Waals surface area contributed by atoms with E-state index in [-0.39, 0.29) is 5.91 Å². The number of carbonyl (C=O) groups is 1. The average Bonchev–Trinajstić information content (AvgIpc) is 2.74. The molecule has 2 aromatic rings. The minimum absolute atomic E-state index is 0.0257. The average molecular weight is 367 g/mol. The van der Waals surface area contributed by atoms with Crippen molar-refractivity contribution < 1.29 is 4.79 Å². The molecule has 2 saturated heterocycles. The van der Waals surface area contributed by atoms with Gasteiger partial charge in [-0.25, -0.2) is 19.9 Å². The first-order valence-corrected chi connectivity index (χ1v) is 9.62. The fourth-order valence-corrected chi connectivity index (χ4v) is 3.62. The normalized spacial score (nSPS) is 17.9. The van der Waals surface area contributed by atoms with Crippen molar-refractivity contribution in [3.05, 3.63) is 35.9 Å². The van der Waals surface area contributed by atoms with E-state index in [1.165, 1.54) is 6.42 Å². The Kier molecular flexibility index (Phi) is 5.13. The Labute approximate surface area is 159 Å². The van der Waals surface area contributed by atoms with Crippen LogP contribution in [0.3, 0.4) is 0 Å². The van der Waals surface area contributed by atoms with Gasteiger partial charge in [-0.15, -0.1) is 0 Å². The van der Waals surface area contributed by atoms with Crippen LogP contribution in [0, 0.1) is 6.92 Å². The summed E-state index contributed by atoms with van der Waals surface area (Å²) in [5, 5.41) is 0. The van der Waals surface area contributed by atoms with Gasteiger partial charge in [0.25, 0.3) is 5.91 Å². The molecule has 1 amide bonds. The number of aryl methyl sites for hydroxylation is 1. The SMILES string of the molecule is Cc1cc(C(=O)N2CCCCC2)nc(N2CCN(c3ncccn3)CC2)n1. The lowest BCUT2D eigenvalue weighted by atomic mass is 10.1. The summed E-state index contributed by atoms with van der Waals surface area (Å²) in [6.07, 6.45) is 6.87. The molecule has 2 aromatic heterocycles. The third-order valence-corrected chi connectivity index (χ3v) is 5.10. The zero-order valence-corrected chi connectivity index (χ0v) is 15.7. The standard InChI is InChI=1S/C19H25N7O/c1-15-14-16(17(27)24-8-3-2-4-9-24)23-19(22-15)26-12-10-25(11-13-26)18-20-6-5-7-21-18/h5-7,14H,2-4,8-13H2,1H3. The number of nitrogens with zero attached hydrogens (tertiary/aromatic N) is 7. The van der Waals surface area contributed by atoms with Crippen molar-refractivity contribution in [2.45, 2.75) is 26.2 Å². The zero-order valence-electron chi connectivity index (χ0n) is 15.7. The first kappa shape index (κ1) is 17.6. The number of anilines is 2. The van der Waals surface area contributed by atoms with Crippen LogP contribution in [0.5, 0.6) is 0 Å². The van der Waals surface area contributed by atoms with E-state index in [4.69, 9.17) is 0 Å². The highest BCUT2D eigenvalue weighted by atomic mass is 16.2. The summed E-state index contributed by atoms with van der Waals surface area (Å²) in [6.45, 7) is 6.73. The van der Waals surface area contributed by atoms with E-state index in [0.717, 1.165) is 63.8 Å². The van der Waals surface area contributed by atoms with Gasteiger partial charge in [-0.3, -0.25) is 4.79 Å². The van der Waals surface area contributed by atoms with Gasteiger partial charge in [0.05, 0.1) is 0 Å². The highest BCUT2D eigenvalue weighted by Gasteiger charge is 2.24. The molecule has 2 fully saturated rings. The van der Waals surface area contributed by atoms with Crippen molar-refractivity contribution in [3.8, 4) is 0 Å². The zero-order chi connectivity index (χ0) is 18.6. The van der Waals surface area contributed by atoms with Crippen LogP contribution in [0.4, 0.5) is 11.9 Å². The number of carbonyl (C=O) groups excluding carboxylic acids is 1. The lowest BCUT2D eigenvalue weighted by molar-refractivity contribution is 0.0718. The van der Waals surface area contributed by atoms with Crippen LogP contribution in [0.1, 0.15) is 35.4 Å². The second-order valence-corrected chi connectivity index (χ2v) is 7.07. The van der Waals surface area contributed by atoms with Gasteiger partial charge >= 0.3 is 0 Å². The van der Waals surface area contributed by atoms with E-state index in [0.29, 0.717) is 11.6 Å². The third kappa shape index (κ3) is 3.99. The summed E-state index contributed by atoms with van der Waals surface area (Å²) in [5.74, 6) is 1.42. The van der Waals surface area contributed by atoms with Gasteiger partial charge in [0, 0.05) is 57.4 Å². The Morgan fingerprint density at radius 3 is 2.15 bits per heavy atom. The van der Waals surface area contributed by atoms with Crippen LogP contribution in [0.25, 0.3) is 0 Å². The summed E-state index contributed by atoms with van der Waals surface area (Å²) in [4.78, 5) is 36.8. The number of hydrogen-bond donors (Lipinski definition) is 0. The molecule has 0 N–H and O–H groups in total. The highest BCUT2D eigenvalue weighted by molar-refractivity contribution is 5.92. The Morgan fingerprint density at radius 2 is 1.48 bits per heavy atom. The molecule has 0 spiro atoms. The molecule has 2 aliphatic heterocycles.